The van der Waals surface area contributed by atoms with E-state index in [4.69, 9.17) is 21.7 Å². The van der Waals surface area contributed by atoms with Crippen molar-refractivity contribution in [1.82, 2.24) is 5.32 Å². The minimum Gasteiger partial charge on any atom is -0.497 e. The number of fused-ring (bicyclic) bond motifs is 1. The Morgan fingerprint density at radius 1 is 1.08 bits per heavy atom. The number of benzene rings is 2. The van der Waals surface area contributed by atoms with Gasteiger partial charge >= 0.3 is 0 Å². The van der Waals surface area contributed by atoms with Crippen molar-refractivity contribution < 1.29 is 9.47 Å². The normalized spacial score (nSPS) is 16.0. The van der Waals surface area contributed by atoms with Crippen molar-refractivity contribution >= 4 is 23.0 Å². The number of hydrogen-bond acceptors (Lipinski definition) is 3. The molecule has 2 N–H and O–H groups in total. The van der Waals surface area contributed by atoms with Crippen LogP contribution in [0.4, 0.5) is 5.69 Å². The molecule has 1 aliphatic rings. The Kier molecular flexibility index (Phi) is 5.20. The summed E-state index contributed by atoms with van der Waals surface area (Å²) in [5.41, 5.74) is 3.59. The van der Waals surface area contributed by atoms with E-state index in [1.807, 2.05) is 18.2 Å². The van der Waals surface area contributed by atoms with Crippen LogP contribution in [0.5, 0.6) is 11.5 Å². The van der Waals surface area contributed by atoms with Gasteiger partial charge in [0.15, 0.2) is 5.11 Å². The van der Waals surface area contributed by atoms with E-state index in [2.05, 4.69) is 34.9 Å². The van der Waals surface area contributed by atoms with Gasteiger partial charge in [-0.3, -0.25) is 0 Å². The predicted octanol–water partition coefficient (Wildman–Crippen LogP) is 4.07. The first-order valence-electron chi connectivity index (χ1n) is 8.08. The van der Waals surface area contributed by atoms with Crippen molar-refractivity contribution in [2.75, 3.05) is 19.5 Å². The highest BCUT2D eigenvalue weighted by atomic mass is 32.1. The standard InChI is InChI=1S/C19H22N2O2S/c1-22-15-10-14(11-16(12-15)23-2)20-19(24)21-18-9-5-7-13-6-3-4-8-17(13)18/h3-4,6,8,10-12,18H,5,7,9H2,1-2H3,(H2,20,21,24)/t18-/m1/s1. The highest BCUT2D eigenvalue weighted by Gasteiger charge is 2.20. The molecule has 0 bridgehead atoms. The molecule has 4 nitrogen and oxygen atoms in total. The van der Waals surface area contributed by atoms with E-state index >= 15 is 0 Å². The van der Waals surface area contributed by atoms with Gasteiger partial charge in [0, 0.05) is 23.9 Å². The SMILES string of the molecule is COc1cc(NC(=S)N[C@@H]2CCCc3ccccc32)cc(OC)c1. The van der Waals surface area contributed by atoms with Crippen molar-refractivity contribution in [3.8, 4) is 11.5 Å². The van der Waals surface area contributed by atoms with Crippen LogP contribution >= 0.6 is 12.2 Å². The van der Waals surface area contributed by atoms with Crippen LogP contribution in [0.25, 0.3) is 0 Å². The number of hydrogen-bond donors (Lipinski definition) is 2. The Morgan fingerprint density at radius 2 is 1.79 bits per heavy atom. The molecule has 0 aromatic heterocycles. The summed E-state index contributed by atoms with van der Waals surface area (Å²) < 4.78 is 10.6. The second-order valence-corrected chi connectivity index (χ2v) is 6.25. The summed E-state index contributed by atoms with van der Waals surface area (Å²) in [6, 6.07) is 14.4. The molecule has 0 fully saturated rings. The molecule has 0 saturated heterocycles. The van der Waals surface area contributed by atoms with Crippen LogP contribution < -0.4 is 20.1 Å². The molecule has 0 radical (unpaired) electrons. The molecule has 1 atom stereocenters. The summed E-state index contributed by atoms with van der Waals surface area (Å²) in [4.78, 5) is 0. The highest BCUT2D eigenvalue weighted by molar-refractivity contribution is 7.80. The fourth-order valence-electron chi connectivity index (χ4n) is 3.11. The number of ether oxygens (including phenoxy) is 2. The Labute approximate surface area is 148 Å². The number of thiocarbonyl (C=S) groups is 1. The summed E-state index contributed by atoms with van der Waals surface area (Å²) in [6.45, 7) is 0. The van der Waals surface area contributed by atoms with Crippen molar-refractivity contribution in [3.05, 3.63) is 53.6 Å². The maximum absolute atomic E-state index is 5.50. The predicted molar refractivity (Wildman–Crippen MR) is 101 cm³/mol. The van der Waals surface area contributed by atoms with Gasteiger partial charge in [0.1, 0.15) is 11.5 Å². The molecule has 0 heterocycles. The van der Waals surface area contributed by atoms with E-state index in [0.29, 0.717) is 5.11 Å². The first-order chi connectivity index (χ1) is 11.7. The number of aryl methyl sites for hydroxylation is 1. The lowest BCUT2D eigenvalue weighted by Gasteiger charge is -2.27. The van der Waals surface area contributed by atoms with Gasteiger partial charge in [-0.1, -0.05) is 24.3 Å². The van der Waals surface area contributed by atoms with Gasteiger partial charge in [0.05, 0.1) is 20.3 Å². The average Bonchev–Trinajstić information content (AvgIpc) is 2.61. The fraction of sp³-hybridized carbons (Fsp3) is 0.316. The number of anilines is 1. The zero-order chi connectivity index (χ0) is 16.9. The summed E-state index contributed by atoms with van der Waals surface area (Å²) >= 11 is 5.50. The van der Waals surface area contributed by atoms with Gasteiger partial charge in [-0.15, -0.1) is 0 Å². The molecule has 0 amide bonds. The third kappa shape index (κ3) is 3.79. The zero-order valence-electron chi connectivity index (χ0n) is 14.0. The summed E-state index contributed by atoms with van der Waals surface area (Å²) in [5.74, 6) is 1.45. The summed E-state index contributed by atoms with van der Waals surface area (Å²) in [6.07, 6.45) is 3.40. The van der Waals surface area contributed by atoms with Crippen LogP contribution in [0.1, 0.15) is 30.0 Å². The van der Waals surface area contributed by atoms with Crippen LogP contribution in [0.3, 0.4) is 0 Å². The highest BCUT2D eigenvalue weighted by Crippen LogP contribution is 2.30. The van der Waals surface area contributed by atoms with E-state index in [1.165, 1.54) is 17.5 Å². The first-order valence-corrected chi connectivity index (χ1v) is 8.49. The fourth-order valence-corrected chi connectivity index (χ4v) is 3.37. The third-order valence-electron chi connectivity index (χ3n) is 4.28. The number of rotatable bonds is 4. The van der Waals surface area contributed by atoms with Crippen molar-refractivity contribution in [2.24, 2.45) is 0 Å². The monoisotopic (exact) mass is 342 g/mol. The summed E-state index contributed by atoms with van der Waals surface area (Å²) in [7, 11) is 3.27. The van der Waals surface area contributed by atoms with Gasteiger partial charge in [-0.05, 0) is 42.6 Å². The van der Waals surface area contributed by atoms with Crippen molar-refractivity contribution in [2.45, 2.75) is 25.3 Å². The van der Waals surface area contributed by atoms with Gasteiger partial charge in [-0.25, -0.2) is 0 Å². The van der Waals surface area contributed by atoms with Gasteiger partial charge in [0.2, 0.25) is 0 Å². The molecular weight excluding hydrogens is 320 g/mol. The lowest BCUT2D eigenvalue weighted by Crippen LogP contribution is -2.34. The molecule has 0 saturated carbocycles. The minimum absolute atomic E-state index is 0.252. The second kappa shape index (κ2) is 7.53. The number of nitrogens with one attached hydrogen (secondary N) is 2. The zero-order valence-corrected chi connectivity index (χ0v) is 14.8. The number of methoxy groups -OCH3 is 2. The Hall–Kier alpha value is -2.27. The molecule has 3 rings (SSSR count). The van der Waals surface area contributed by atoms with E-state index in [-0.39, 0.29) is 6.04 Å². The molecule has 0 aliphatic heterocycles. The molecule has 24 heavy (non-hydrogen) atoms. The van der Waals surface area contributed by atoms with Crippen molar-refractivity contribution in [1.29, 1.82) is 0 Å². The molecule has 5 heteroatoms. The maximum atomic E-state index is 5.50. The Balaban J connectivity index is 1.71. The third-order valence-corrected chi connectivity index (χ3v) is 4.50. The molecule has 0 spiro atoms. The molecule has 2 aromatic carbocycles. The molecule has 0 unspecified atom stereocenters. The van der Waals surface area contributed by atoms with Crippen LogP contribution in [0.2, 0.25) is 0 Å². The van der Waals surface area contributed by atoms with Crippen molar-refractivity contribution in [3.63, 3.8) is 0 Å². The Bertz CT molecular complexity index is 711. The Morgan fingerprint density at radius 3 is 2.50 bits per heavy atom. The van der Waals surface area contributed by atoms with Crippen LogP contribution in [0.15, 0.2) is 42.5 Å². The van der Waals surface area contributed by atoms with E-state index in [0.717, 1.165) is 30.0 Å². The van der Waals surface area contributed by atoms with E-state index in [1.54, 1.807) is 14.2 Å². The van der Waals surface area contributed by atoms with Crippen LogP contribution in [-0.4, -0.2) is 19.3 Å². The second-order valence-electron chi connectivity index (χ2n) is 5.84. The lowest BCUT2D eigenvalue weighted by atomic mass is 9.88. The van der Waals surface area contributed by atoms with E-state index < -0.39 is 0 Å². The topological polar surface area (TPSA) is 42.5 Å². The maximum Gasteiger partial charge on any atom is 0.171 e. The van der Waals surface area contributed by atoms with Gasteiger partial charge in [0.25, 0.3) is 0 Å². The van der Waals surface area contributed by atoms with Gasteiger partial charge in [-0.2, -0.15) is 0 Å². The van der Waals surface area contributed by atoms with E-state index in [9.17, 15) is 0 Å². The average molecular weight is 342 g/mol. The van der Waals surface area contributed by atoms with Gasteiger partial charge < -0.3 is 20.1 Å². The molecule has 126 valence electrons. The summed E-state index contributed by atoms with van der Waals surface area (Å²) in [5, 5.41) is 7.27. The minimum atomic E-state index is 0.252. The largest absolute Gasteiger partial charge is 0.497 e. The van der Waals surface area contributed by atoms with Crippen LogP contribution in [-0.2, 0) is 6.42 Å². The molecule has 2 aromatic rings. The lowest BCUT2D eigenvalue weighted by molar-refractivity contribution is 0.395. The smallest absolute Gasteiger partial charge is 0.171 e. The quantitative estimate of drug-likeness (QED) is 0.820. The van der Waals surface area contributed by atoms with Crippen LogP contribution in [0, 0.1) is 0 Å². The first kappa shape index (κ1) is 16.6. The molecular formula is C19H22N2O2S. The molecule has 1 aliphatic carbocycles.